The topological polar surface area (TPSA) is 47.3 Å². The van der Waals surface area contributed by atoms with Crippen LogP contribution in [0.1, 0.15) is 31.4 Å². The molecule has 0 bridgehead atoms. The van der Waals surface area contributed by atoms with Gasteiger partial charge in [0, 0.05) is 12.6 Å². The molecule has 0 aromatic heterocycles. The van der Waals surface area contributed by atoms with Crippen molar-refractivity contribution in [3.8, 4) is 5.75 Å². The molecule has 1 saturated carbocycles. The van der Waals surface area contributed by atoms with E-state index >= 15 is 0 Å². The van der Waals surface area contributed by atoms with Crippen LogP contribution in [0.4, 0.5) is 0 Å². The second-order valence-electron chi connectivity index (χ2n) is 4.65. The Kier molecular flexibility index (Phi) is 4.40. The summed E-state index contributed by atoms with van der Waals surface area (Å²) in [7, 11) is 0. The summed E-state index contributed by atoms with van der Waals surface area (Å²) >= 11 is 0. The molecular weight excluding hydrogens is 212 g/mol. The molecule has 0 amide bonds. The molecule has 1 aliphatic carbocycles. The van der Waals surface area contributed by atoms with Crippen molar-refractivity contribution in [1.29, 1.82) is 0 Å². The van der Waals surface area contributed by atoms with E-state index in [1.54, 1.807) is 0 Å². The minimum absolute atomic E-state index is 0.246. The summed E-state index contributed by atoms with van der Waals surface area (Å²) in [5, 5.41) is 3.54. The Morgan fingerprint density at radius 1 is 1.47 bits per heavy atom. The van der Waals surface area contributed by atoms with E-state index in [1.807, 2.05) is 19.1 Å². The highest BCUT2D eigenvalue weighted by Gasteiger charge is 2.22. The predicted molar refractivity (Wildman–Crippen MR) is 70.1 cm³/mol. The zero-order valence-electron chi connectivity index (χ0n) is 10.5. The lowest BCUT2D eigenvalue weighted by Crippen LogP contribution is -2.29. The molecule has 17 heavy (non-hydrogen) atoms. The van der Waals surface area contributed by atoms with Crippen molar-refractivity contribution in [3.63, 3.8) is 0 Å². The van der Waals surface area contributed by atoms with E-state index in [0.29, 0.717) is 13.2 Å². The molecule has 3 N–H and O–H groups in total. The highest BCUT2D eigenvalue weighted by Crippen LogP contribution is 2.28. The Morgan fingerprint density at radius 2 is 2.29 bits per heavy atom. The van der Waals surface area contributed by atoms with Crippen LogP contribution in [0.3, 0.4) is 0 Å². The average molecular weight is 234 g/mol. The maximum absolute atomic E-state index is 5.83. The molecule has 3 heteroatoms. The van der Waals surface area contributed by atoms with Crippen molar-refractivity contribution < 1.29 is 4.74 Å². The summed E-state index contributed by atoms with van der Waals surface area (Å²) in [4.78, 5) is 0. The fraction of sp³-hybridized carbons (Fsp3) is 0.571. The largest absolute Gasteiger partial charge is 0.494 e. The SMILES string of the molecule is CCOc1cccc(C(CN)NCC2CC2)c1. The molecule has 2 rings (SSSR count). The third-order valence-corrected chi connectivity index (χ3v) is 3.16. The van der Waals surface area contributed by atoms with Gasteiger partial charge in [-0.2, -0.15) is 0 Å². The van der Waals surface area contributed by atoms with Crippen LogP contribution >= 0.6 is 0 Å². The van der Waals surface area contributed by atoms with Gasteiger partial charge in [0.25, 0.3) is 0 Å². The van der Waals surface area contributed by atoms with Gasteiger partial charge < -0.3 is 15.8 Å². The number of nitrogens with two attached hydrogens (primary N) is 1. The molecular formula is C14H22N2O. The lowest BCUT2D eigenvalue weighted by Gasteiger charge is -2.18. The van der Waals surface area contributed by atoms with Crippen molar-refractivity contribution in [1.82, 2.24) is 5.32 Å². The second-order valence-corrected chi connectivity index (χ2v) is 4.65. The molecule has 3 nitrogen and oxygen atoms in total. The molecule has 0 spiro atoms. The molecule has 0 saturated heterocycles. The number of hydrogen-bond donors (Lipinski definition) is 2. The van der Waals surface area contributed by atoms with E-state index < -0.39 is 0 Å². The van der Waals surface area contributed by atoms with Gasteiger partial charge in [0.05, 0.1) is 6.61 Å². The maximum Gasteiger partial charge on any atom is 0.119 e. The minimum atomic E-state index is 0.246. The van der Waals surface area contributed by atoms with Crippen LogP contribution in [0.15, 0.2) is 24.3 Å². The van der Waals surface area contributed by atoms with E-state index in [-0.39, 0.29) is 6.04 Å². The van der Waals surface area contributed by atoms with Crippen LogP contribution in [0.2, 0.25) is 0 Å². The van der Waals surface area contributed by atoms with Crippen LogP contribution in [-0.4, -0.2) is 19.7 Å². The lowest BCUT2D eigenvalue weighted by atomic mass is 10.1. The van der Waals surface area contributed by atoms with E-state index in [1.165, 1.54) is 18.4 Å². The molecule has 0 radical (unpaired) electrons. The molecule has 1 aliphatic rings. The maximum atomic E-state index is 5.83. The summed E-state index contributed by atoms with van der Waals surface area (Å²) in [5.74, 6) is 1.80. The number of nitrogens with one attached hydrogen (secondary N) is 1. The molecule has 1 unspecified atom stereocenters. The molecule has 0 heterocycles. The monoisotopic (exact) mass is 234 g/mol. The number of hydrogen-bond acceptors (Lipinski definition) is 3. The van der Waals surface area contributed by atoms with Crippen LogP contribution < -0.4 is 15.8 Å². The number of benzene rings is 1. The Bertz CT molecular complexity index is 350. The zero-order valence-corrected chi connectivity index (χ0v) is 10.5. The van der Waals surface area contributed by atoms with Crippen molar-refractivity contribution in [2.45, 2.75) is 25.8 Å². The smallest absolute Gasteiger partial charge is 0.119 e. The van der Waals surface area contributed by atoms with E-state index in [4.69, 9.17) is 10.5 Å². The second kappa shape index (κ2) is 6.03. The fourth-order valence-corrected chi connectivity index (χ4v) is 1.96. The van der Waals surface area contributed by atoms with Crippen LogP contribution in [-0.2, 0) is 0 Å². The first-order valence-corrected chi connectivity index (χ1v) is 6.49. The van der Waals surface area contributed by atoms with Gasteiger partial charge in [0.1, 0.15) is 5.75 Å². The van der Waals surface area contributed by atoms with Gasteiger partial charge in [-0.1, -0.05) is 12.1 Å². The first kappa shape index (κ1) is 12.4. The highest BCUT2D eigenvalue weighted by molar-refractivity contribution is 5.30. The van der Waals surface area contributed by atoms with Gasteiger partial charge in [-0.05, 0) is 49.9 Å². The van der Waals surface area contributed by atoms with Crippen LogP contribution in [0.5, 0.6) is 5.75 Å². The predicted octanol–water partition coefficient (Wildman–Crippen LogP) is 2.08. The molecule has 94 valence electrons. The van der Waals surface area contributed by atoms with Crippen molar-refractivity contribution in [2.75, 3.05) is 19.7 Å². The van der Waals surface area contributed by atoms with Gasteiger partial charge in [-0.25, -0.2) is 0 Å². The average Bonchev–Trinajstić information content (AvgIpc) is 3.15. The molecule has 1 fully saturated rings. The quantitative estimate of drug-likeness (QED) is 0.759. The van der Waals surface area contributed by atoms with Gasteiger partial charge in [-0.3, -0.25) is 0 Å². The summed E-state index contributed by atoms with van der Waals surface area (Å²) in [5.41, 5.74) is 7.05. The summed E-state index contributed by atoms with van der Waals surface area (Å²) in [6.07, 6.45) is 2.73. The normalized spacial score (nSPS) is 16.8. The highest BCUT2D eigenvalue weighted by atomic mass is 16.5. The Hall–Kier alpha value is -1.06. The van der Waals surface area contributed by atoms with Crippen LogP contribution in [0.25, 0.3) is 0 Å². The van der Waals surface area contributed by atoms with Gasteiger partial charge in [0.15, 0.2) is 0 Å². The number of ether oxygens (including phenoxy) is 1. The lowest BCUT2D eigenvalue weighted by molar-refractivity contribution is 0.339. The van der Waals surface area contributed by atoms with E-state index in [2.05, 4.69) is 17.4 Å². The summed E-state index contributed by atoms with van der Waals surface area (Å²) in [6.45, 7) is 4.41. The summed E-state index contributed by atoms with van der Waals surface area (Å²) < 4.78 is 5.51. The zero-order chi connectivity index (χ0) is 12.1. The van der Waals surface area contributed by atoms with Gasteiger partial charge in [0.2, 0.25) is 0 Å². The van der Waals surface area contributed by atoms with Gasteiger partial charge >= 0.3 is 0 Å². The van der Waals surface area contributed by atoms with Crippen molar-refractivity contribution >= 4 is 0 Å². The Labute approximate surface area is 103 Å². The third kappa shape index (κ3) is 3.72. The molecule has 1 aromatic carbocycles. The van der Waals surface area contributed by atoms with E-state index in [9.17, 15) is 0 Å². The fourth-order valence-electron chi connectivity index (χ4n) is 1.96. The molecule has 1 aromatic rings. The van der Waals surface area contributed by atoms with Crippen molar-refractivity contribution in [3.05, 3.63) is 29.8 Å². The Balaban J connectivity index is 1.97. The first-order chi connectivity index (χ1) is 8.33. The summed E-state index contributed by atoms with van der Waals surface area (Å²) in [6, 6.07) is 8.46. The Morgan fingerprint density at radius 3 is 2.94 bits per heavy atom. The standard InChI is InChI=1S/C14H22N2O/c1-2-17-13-5-3-4-12(8-13)14(9-15)16-10-11-6-7-11/h3-5,8,11,14,16H,2,6-7,9-10,15H2,1H3. The van der Waals surface area contributed by atoms with Crippen LogP contribution in [0, 0.1) is 5.92 Å². The minimum Gasteiger partial charge on any atom is -0.494 e. The third-order valence-electron chi connectivity index (χ3n) is 3.16. The molecule has 0 aliphatic heterocycles. The van der Waals surface area contributed by atoms with Gasteiger partial charge in [-0.15, -0.1) is 0 Å². The molecule has 1 atom stereocenters. The first-order valence-electron chi connectivity index (χ1n) is 6.49. The number of rotatable bonds is 7. The van der Waals surface area contributed by atoms with E-state index in [0.717, 1.165) is 18.2 Å². The van der Waals surface area contributed by atoms with Crippen molar-refractivity contribution in [2.24, 2.45) is 11.7 Å².